The number of hydrogen-bond acceptors (Lipinski definition) is 7. The van der Waals surface area contributed by atoms with Gasteiger partial charge >= 0.3 is 11.7 Å². The van der Waals surface area contributed by atoms with Crippen molar-refractivity contribution in [2.75, 3.05) is 14.2 Å². The standard InChI is InChI=1S/C27H28N4O6/c1-6-30-24-22(25(32)31(7-2)27(30)34)29(3)21(28-24)14-13-17-15-19(35-4)23(20(16-17)36-5)37-26(33)18-11-9-8-10-12-18/h8-16H,6-7H2,1-5H3/b14-13+. The summed E-state index contributed by atoms with van der Waals surface area (Å²) in [6.07, 6.45) is 3.49. The summed E-state index contributed by atoms with van der Waals surface area (Å²) < 4.78 is 20.9. The number of imidazole rings is 1. The molecule has 0 saturated heterocycles. The predicted molar refractivity (Wildman–Crippen MR) is 140 cm³/mol. The van der Waals surface area contributed by atoms with Gasteiger partial charge in [-0.1, -0.05) is 24.3 Å². The van der Waals surface area contributed by atoms with Crippen LogP contribution in [0, 0.1) is 0 Å². The van der Waals surface area contributed by atoms with Gasteiger partial charge in [0.05, 0.1) is 19.8 Å². The molecule has 192 valence electrons. The van der Waals surface area contributed by atoms with Gasteiger partial charge in [0.2, 0.25) is 5.75 Å². The summed E-state index contributed by atoms with van der Waals surface area (Å²) in [7, 11) is 4.67. The van der Waals surface area contributed by atoms with E-state index in [1.165, 1.54) is 23.4 Å². The third-order valence-electron chi connectivity index (χ3n) is 6.02. The molecule has 0 radical (unpaired) electrons. The SMILES string of the molecule is CCn1c(=O)c2c(nc(/C=C/c3cc(OC)c(OC(=O)c4ccccc4)c(OC)c3)n2C)n(CC)c1=O. The Labute approximate surface area is 213 Å². The van der Waals surface area contributed by atoms with Gasteiger partial charge in [-0.05, 0) is 49.8 Å². The first-order chi connectivity index (χ1) is 17.8. The Kier molecular flexibility index (Phi) is 7.28. The van der Waals surface area contributed by atoms with Gasteiger partial charge in [-0.2, -0.15) is 0 Å². The van der Waals surface area contributed by atoms with Crippen LogP contribution in [0.2, 0.25) is 0 Å². The van der Waals surface area contributed by atoms with E-state index in [4.69, 9.17) is 14.2 Å². The van der Waals surface area contributed by atoms with Crippen molar-refractivity contribution in [3.05, 3.63) is 80.3 Å². The minimum absolute atomic E-state index is 0.158. The Morgan fingerprint density at radius 3 is 2.14 bits per heavy atom. The lowest BCUT2D eigenvalue weighted by molar-refractivity contribution is 0.0724. The fourth-order valence-corrected chi connectivity index (χ4v) is 4.09. The van der Waals surface area contributed by atoms with Crippen LogP contribution in [0.3, 0.4) is 0 Å². The molecule has 0 N–H and O–H groups in total. The second-order valence-electron chi connectivity index (χ2n) is 8.12. The minimum atomic E-state index is -0.542. The molecule has 2 aromatic carbocycles. The first-order valence-corrected chi connectivity index (χ1v) is 11.8. The number of aryl methyl sites for hydroxylation is 2. The highest BCUT2D eigenvalue weighted by Crippen LogP contribution is 2.39. The number of hydrogen-bond donors (Lipinski definition) is 0. The summed E-state index contributed by atoms with van der Waals surface area (Å²) in [5.41, 5.74) is 0.995. The molecule has 0 unspecified atom stereocenters. The first-order valence-electron chi connectivity index (χ1n) is 11.8. The molecular weight excluding hydrogens is 476 g/mol. The number of carbonyl (C=O) groups excluding carboxylic acids is 1. The van der Waals surface area contributed by atoms with E-state index < -0.39 is 5.97 Å². The predicted octanol–water partition coefficient (Wildman–Crippen LogP) is 3.34. The highest BCUT2D eigenvalue weighted by molar-refractivity contribution is 5.92. The molecule has 4 rings (SSSR count). The summed E-state index contributed by atoms with van der Waals surface area (Å²) in [5.74, 6) is 0.712. The van der Waals surface area contributed by atoms with Crippen molar-refractivity contribution in [1.82, 2.24) is 18.7 Å². The number of ether oxygens (including phenoxy) is 3. The van der Waals surface area contributed by atoms with E-state index in [9.17, 15) is 14.4 Å². The molecule has 10 nitrogen and oxygen atoms in total. The van der Waals surface area contributed by atoms with Crippen molar-refractivity contribution < 1.29 is 19.0 Å². The van der Waals surface area contributed by atoms with Gasteiger partial charge in [0, 0.05) is 20.1 Å². The van der Waals surface area contributed by atoms with Crippen molar-refractivity contribution >= 4 is 29.3 Å². The van der Waals surface area contributed by atoms with Crippen LogP contribution in [0.5, 0.6) is 17.2 Å². The van der Waals surface area contributed by atoms with Gasteiger partial charge in [-0.25, -0.2) is 14.6 Å². The quantitative estimate of drug-likeness (QED) is 0.268. The van der Waals surface area contributed by atoms with E-state index in [2.05, 4.69) is 4.98 Å². The molecule has 2 heterocycles. The van der Waals surface area contributed by atoms with Gasteiger partial charge in [0.25, 0.3) is 5.56 Å². The number of methoxy groups -OCH3 is 2. The number of benzene rings is 2. The van der Waals surface area contributed by atoms with Crippen molar-refractivity contribution in [2.24, 2.45) is 7.05 Å². The topological polar surface area (TPSA) is 107 Å². The molecule has 0 aliphatic rings. The average molecular weight is 505 g/mol. The van der Waals surface area contributed by atoms with Gasteiger partial charge < -0.3 is 18.8 Å². The molecular formula is C27H28N4O6. The number of nitrogens with zero attached hydrogens (tertiary/aromatic N) is 4. The molecule has 0 amide bonds. The van der Waals surface area contributed by atoms with Crippen LogP contribution in [0.25, 0.3) is 23.3 Å². The molecule has 0 atom stereocenters. The summed E-state index contributed by atoms with van der Waals surface area (Å²) >= 11 is 0. The van der Waals surface area contributed by atoms with Crippen LogP contribution in [0.15, 0.2) is 52.1 Å². The second kappa shape index (κ2) is 10.6. The van der Waals surface area contributed by atoms with E-state index in [0.29, 0.717) is 46.2 Å². The Bertz CT molecular complexity index is 1590. The lowest BCUT2D eigenvalue weighted by Gasteiger charge is -2.14. The fraction of sp³-hybridized carbons (Fsp3) is 0.259. The van der Waals surface area contributed by atoms with Crippen molar-refractivity contribution in [2.45, 2.75) is 26.9 Å². The maximum absolute atomic E-state index is 12.9. The third kappa shape index (κ3) is 4.65. The largest absolute Gasteiger partial charge is 0.493 e. The molecule has 10 heteroatoms. The Balaban J connectivity index is 1.74. The number of rotatable bonds is 8. The highest BCUT2D eigenvalue weighted by atomic mass is 16.6. The lowest BCUT2D eigenvalue weighted by Crippen LogP contribution is -2.39. The number of esters is 1. The van der Waals surface area contributed by atoms with Crippen LogP contribution in [-0.2, 0) is 20.1 Å². The number of carbonyl (C=O) groups is 1. The van der Waals surface area contributed by atoms with Gasteiger partial charge in [0.15, 0.2) is 22.7 Å². The molecule has 0 spiro atoms. The summed E-state index contributed by atoms with van der Waals surface area (Å²) in [5, 5.41) is 0. The normalized spacial score (nSPS) is 11.3. The van der Waals surface area contributed by atoms with Crippen LogP contribution in [-0.4, -0.2) is 38.9 Å². The van der Waals surface area contributed by atoms with Crippen LogP contribution >= 0.6 is 0 Å². The van der Waals surface area contributed by atoms with E-state index in [0.717, 1.165) is 0 Å². The monoisotopic (exact) mass is 504 g/mol. The molecule has 4 aromatic rings. The molecule has 0 bridgehead atoms. The zero-order valence-electron chi connectivity index (χ0n) is 21.3. The zero-order valence-corrected chi connectivity index (χ0v) is 21.3. The third-order valence-corrected chi connectivity index (χ3v) is 6.02. The Hall–Kier alpha value is -4.60. The zero-order chi connectivity index (χ0) is 26.7. The summed E-state index contributed by atoms with van der Waals surface area (Å²) in [4.78, 5) is 42.8. The molecule has 37 heavy (non-hydrogen) atoms. The molecule has 0 saturated carbocycles. The van der Waals surface area contributed by atoms with Crippen molar-refractivity contribution in [1.29, 1.82) is 0 Å². The van der Waals surface area contributed by atoms with E-state index in [-0.39, 0.29) is 23.5 Å². The summed E-state index contributed by atoms with van der Waals surface area (Å²) in [6, 6.07) is 12.0. The molecule has 2 aromatic heterocycles. The highest BCUT2D eigenvalue weighted by Gasteiger charge is 2.20. The van der Waals surface area contributed by atoms with Gasteiger partial charge in [0.1, 0.15) is 5.82 Å². The number of fused-ring (bicyclic) bond motifs is 1. The van der Waals surface area contributed by atoms with Crippen LogP contribution < -0.4 is 25.5 Å². The Morgan fingerprint density at radius 1 is 0.946 bits per heavy atom. The lowest BCUT2D eigenvalue weighted by atomic mass is 10.1. The minimum Gasteiger partial charge on any atom is -0.493 e. The van der Waals surface area contributed by atoms with Crippen molar-refractivity contribution in [3.8, 4) is 17.2 Å². The van der Waals surface area contributed by atoms with Gasteiger partial charge in [-0.3, -0.25) is 13.9 Å². The molecule has 0 aliphatic carbocycles. The van der Waals surface area contributed by atoms with Crippen LogP contribution in [0.1, 0.15) is 35.6 Å². The van der Waals surface area contributed by atoms with E-state index in [1.807, 2.05) is 13.0 Å². The van der Waals surface area contributed by atoms with E-state index in [1.54, 1.807) is 67.1 Å². The maximum Gasteiger partial charge on any atom is 0.343 e. The maximum atomic E-state index is 12.9. The number of aromatic nitrogens is 4. The average Bonchev–Trinajstić information content (AvgIpc) is 3.24. The summed E-state index contributed by atoms with van der Waals surface area (Å²) in [6.45, 7) is 4.24. The molecule has 0 fully saturated rings. The van der Waals surface area contributed by atoms with Crippen LogP contribution in [0.4, 0.5) is 0 Å². The van der Waals surface area contributed by atoms with Gasteiger partial charge in [-0.15, -0.1) is 0 Å². The van der Waals surface area contributed by atoms with E-state index >= 15 is 0 Å². The fourth-order valence-electron chi connectivity index (χ4n) is 4.09. The first kappa shape index (κ1) is 25.5. The molecule has 0 aliphatic heterocycles. The smallest absolute Gasteiger partial charge is 0.343 e. The Morgan fingerprint density at radius 2 is 1.57 bits per heavy atom. The van der Waals surface area contributed by atoms with Crippen molar-refractivity contribution in [3.63, 3.8) is 0 Å². The second-order valence-corrected chi connectivity index (χ2v) is 8.12.